The van der Waals surface area contributed by atoms with E-state index in [1.54, 1.807) is 24.5 Å². The van der Waals surface area contributed by atoms with E-state index in [2.05, 4.69) is 37.4 Å². The van der Waals surface area contributed by atoms with Gasteiger partial charge in [-0.3, -0.25) is 9.78 Å². The fraction of sp³-hybridized carbons (Fsp3) is 0.308. The Kier molecular flexibility index (Phi) is 6.94. The summed E-state index contributed by atoms with van der Waals surface area (Å²) in [5, 5.41) is 17.9. The second-order valence-electron chi connectivity index (χ2n) is 8.79. The zero-order chi connectivity index (χ0) is 24.2. The largest absolute Gasteiger partial charge is 0.508 e. The number of nitrogens with one attached hydrogen (secondary N) is 1. The first-order valence-corrected chi connectivity index (χ1v) is 12.6. The standard InChI is InChI=1S/C26H27BrN6O2/c27-21-17-30-33-24(29-16-18-4-3-11-28-15-18)14-22(31-26(21)33)19-9-12-32(13-10-19)25(35)8-7-20-5-1-2-6-23(20)34/h1-6,11,14-15,17,19,29,34H,7-10,12-13,16H2. The van der Waals surface area contributed by atoms with E-state index in [1.807, 2.05) is 39.9 Å². The highest BCUT2D eigenvalue weighted by molar-refractivity contribution is 9.10. The highest BCUT2D eigenvalue weighted by Crippen LogP contribution is 2.31. The van der Waals surface area contributed by atoms with Gasteiger partial charge in [0.15, 0.2) is 5.65 Å². The Morgan fingerprint density at radius 2 is 1.97 bits per heavy atom. The number of benzene rings is 1. The fourth-order valence-corrected chi connectivity index (χ4v) is 4.88. The molecular formula is C26H27BrN6O2. The Bertz CT molecular complexity index is 1320. The zero-order valence-electron chi connectivity index (χ0n) is 19.3. The van der Waals surface area contributed by atoms with Crippen LogP contribution in [0.25, 0.3) is 5.65 Å². The number of anilines is 1. The van der Waals surface area contributed by atoms with E-state index in [1.165, 1.54) is 0 Å². The molecule has 180 valence electrons. The minimum absolute atomic E-state index is 0.132. The molecule has 1 aliphatic heterocycles. The molecule has 0 atom stereocenters. The summed E-state index contributed by atoms with van der Waals surface area (Å²) in [5.74, 6) is 1.52. The molecular weight excluding hydrogens is 508 g/mol. The number of aromatic hydroxyl groups is 1. The van der Waals surface area contributed by atoms with Crippen LogP contribution in [0.3, 0.4) is 0 Å². The van der Waals surface area contributed by atoms with E-state index in [4.69, 9.17) is 4.98 Å². The van der Waals surface area contributed by atoms with Gasteiger partial charge in [-0.1, -0.05) is 24.3 Å². The maximum Gasteiger partial charge on any atom is 0.222 e. The minimum atomic E-state index is 0.132. The van der Waals surface area contributed by atoms with Crippen molar-refractivity contribution in [3.63, 3.8) is 0 Å². The molecule has 4 aromatic rings. The summed E-state index contributed by atoms with van der Waals surface area (Å²) in [6.07, 6.45) is 8.03. The van der Waals surface area contributed by atoms with Crippen LogP contribution in [-0.4, -0.2) is 48.6 Å². The number of halogens is 1. The van der Waals surface area contributed by atoms with Gasteiger partial charge in [-0.25, -0.2) is 4.98 Å². The average molecular weight is 535 g/mol. The molecule has 0 spiro atoms. The third-order valence-corrected chi connectivity index (χ3v) is 7.07. The lowest BCUT2D eigenvalue weighted by Gasteiger charge is -2.32. The number of piperidine rings is 1. The molecule has 1 amide bonds. The molecule has 9 heteroatoms. The quantitative estimate of drug-likeness (QED) is 0.361. The normalized spacial score (nSPS) is 14.4. The van der Waals surface area contributed by atoms with Crippen LogP contribution in [0.5, 0.6) is 5.75 Å². The number of para-hydroxylation sites is 1. The van der Waals surface area contributed by atoms with Gasteiger partial charge in [-0.2, -0.15) is 9.61 Å². The fourth-order valence-electron chi connectivity index (χ4n) is 4.53. The predicted octanol–water partition coefficient (Wildman–Crippen LogP) is 4.54. The molecule has 0 unspecified atom stereocenters. The molecule has 0 bridgehead atoms. The van der Waals surface area contributed by atoms with Crippen molar-refractivity contribution in [3.05, 3.63) is 82.3 Å². The summed E-state index contributed by atoms with van der Waals surface area (Å²) < 4.78 is 2.65. The van der Waals surface area contributed by atoms with Crippen molar-refractivity contribution in [1.82, 2.24) is 24.5 Å². The third kappa shape index (κ3) is 5.30. The van der Waals surface area contributed by atoms with Crippen molar-refractivity contribution >= 4 is 33.3 Å². The number of amides is 1. The van der Waals surface area contributed by atoms with Crippen LogP contribution in [0.15, 0.2) is 65.5 Å². The number of pyridine rings is 1. The molecule has 4 heterocycles. The van der Waals surface area contributed by atoms with Crippen molar-refractivity contribution in [1.29, 1.82) is 0 Å². The van der Waals surface area contributed by atoms with Crippen molar-refractivity contribution < 1.29 is 9.90 Å². The summed E-state index contributed by atoms with van der Waals surface area (Å²) in [6.45, 7) is 2.04. The summed E-state index contributed by atoms with van der Waals surface area (Å²) >= 11 is 3.57. The van der Waals surface area contributed by atoms with E-state index in [-0.39, 0.29) is 17.6 Å². The van der Waals surface area contributed by atoms with Gasteiger partial charge in [0.2, 0.25) is 5.91 Å². The van der Waals surface area contributed by atoms with Crippen LogP contribution in [-0.2, 0) is 17.8 Å². The van der Waals surface area contributed by atoms with Gasteiger partial charge in [0.25, 0.3) is 0 Å². The molecule has 1 saturated heterocycles. The zero-order valence-corrected chi connectivity index (χ0v) is 20.9. The number of nitrogens with zero attached hydrogens (tertiary/aromatic N) is 5. The first-order chi connectivity index (χ1) is 17.1. The molecule has 35 heavy (non-hydrogen) atoms. The number of likely N-dealkylation sites (tertiary alicyclic amines) is 1. The number of carbonyl (C=O) groups excluding carboxylic acids is 1. The van der Waals surface area contributed by atoms with Crippen LogP contribution in [0.1, 0.15) is 42.0 Å². The van der Waals surface area contributed by atoms with Crippen LogP contribution in [0.4, 0.5) is 5.82 Å². The van der Waals surface area contributed by atoms with E-state index in [0.29, 0.717) is 32.5 Å². The van der Waals surface area contributed by atoms with E-state index in [9.17, 15) is 9.90 Å². The van der Waals surface area contributed by atoms with Gasteiger partial charge in [-0.15, -0.1) is 0 Å². The lowest BCUT2D eigenvalue weighted by atomic mass is 9.92. The molecule has 1 aliphatic rings. The van der Waals surface area contributed by atoms with Gasteiger partial charge in [-0.05, 0) is 58.5 Å². The summed E-state index contributed by atoms with van der Waals surface area (Å²) in [6, 6.07) is 13.2. The van der Waals surface area contributed by atoms with Crippen molar-refractivity contribution in [2.75, 3.05) is 18.4 Å². The topological polar surface area (TPSA) is 95.7 Å². The average Bonchev–Trinajstić information content (AvgIpc) is 3.28. The molecule has 0 radical (unpaired) electrons. The number of fused-ring (bicyclic) bond motifs is 1. The SMILES string of the molecule is O=C(CCc1ccccc1O)N1CCC(c2cc(NCc3cccnc3)n3ncc(Br)c3n2)CC1. The van der Waals surface area contributed by atoms with E-state index < -0.39 is 0 Å². The molecule has 5 rings (SSSR count). The Morgan fingerprint density at radius 1 is 1.14 bits per heavy atom. The second kappa shape index (κ2) is 10.4. The van der Waals surface area contributed by atoms with Crippen LogP contribution >= 0.6 is 15.9 Å². The Morgan fingerprint density at radius 3 is 2.74 bits per heavy atom. The summed E-state index contributed by atoms with van der Waals surface area (Å²) in [7, 11) is 0. The number of aromatic nitrogens is 4. The predicted molar refractivity (Wildman–Crippen MR) is 137 cm³/mol. The molecule has 0 saturated carbocycles. The molecule has 0 aliphatic carbocycles. The lowest BCUT2D eigenvalue weighted by Crippen LogP contribution is -2.38. The number of aryl methyl sites for hydroxylation is 1. The Balaban J connectivity index is 1.25. The van der Waals surface area contributed by atoms with Crippen LogP contribution < -0.4 is 5.32 Å². The molecule has 8 nitrogen and oxygen atoms in total. The maximum atomic E-state index is 12.8. The summed E-state index contributed by atoms with van der Waals surface area (Å²) in [4.78, 5) is 23.8. The lowest BCUT2D eigenvalue weighted by molar-refractivity contribution is -0.132. The van der Waals surface area contributed by atoms with Crippen molar-refractivity contribution in [3.8, 4) is 5.75 Å². The van der Waals surface area contributed by atoms with E-state index >= 15 is 0 Å². The monoisotopic (exact) mass is 534 g/mol. The third-order valence-electron chi connectivity index (χ3n) is 6.51. The van der Waals surface area contributed by atoms with E-state index in [0.717, 1.165) is 45.6 Å². The summed E-state index contributed by atoms with van der Waals surface area (Å²) in [5.41, 5.74) is 3.68. The minimum Gasteiger partial charge on any atom is -0.508 e. The molecule has 3 aromatic heterocycles. The van der Waals surface area contributed by atoms with Gasteiger partial charge >= 0.3 is 0 Å². The Hall–Kier alpha value is -3.46. The number of phenolic OH excluding ortho intramolecular Hbond substituents is 1. The number of hydrogen-bond acceptors (Lipinski definition) is 6. The Labute approximate surface area is 212 Å². The highest BCUT2D eigenvalue weighted by Gasteiger charge is 2.26. The first kappa shape index (κ1) is 23.3. The van der Waals surface area contributed by atoms with Gasteiger partial charge < -0.3 is 15.3 Å². The molecule has 1 fully saturated rings. The van der Waals surface area contributed by atoms with Gasteiger partial charge in [0, 0.05) is 56.1 Å². The number of rotatable bonds is 7. The van der Waals surface area contributed by atoms with Crippen molar-refractivity contribution in [2.45, 2.75) is 38.1 Å². The molecule has 1 aromatic carbocycles. The maximum absolute atomic E-state index is 12.8. The smallest absolute Gasteiger partial charge is 0.222 e. The van der Waals surface area contributed by atoms with Crippen LogP contribution in [0, 0.1) is 0 Å². The highest BCUT2D eigenvalue weighted by atomic mass is 79.9. The second-order valence-corrected chi connectivity index (χ2v) is 9.65. The number of hydrogen-bond donors (Lipinski definition) is 2. The van der Waals surface area contributed by atoms with Gasteiger partial charge in [0.05, 0.1) is 10.7 Å². The van der Waals surface area contributed by atoms with Gasteiger partial charge in [0.1, 0.15) is 11.6 Å². The number of carbonyl (C=O) groups is 1. The van der Waals surface area contributed by atoms with Crippen LogP contribution in [0.2, 0.25) is 0 Å². The molecule has 2 N–H and O–H groups in total. The number of phenols is 1. The first-order valence-electron chi connectivity index (χ1n) is 11.8. The van der Waals surface area contributed by atoms with Crippen molar-refractivity contribution in [2.24, 2.45) is 0 Å².